The Morgan fingerprint density at radius 2 is 2.20 bits per heavy atom. The zero-order chi connectivity index (χ0) is 14.3. The third-order valence-electron chi connectivity index (χ3n) is 4.44. The molecule has 3 rings (SSSR count). The second-order valence-electron chi connectivity index (χ2n) is 6.19. The number of alkyl halides is 1. The van der Waals surface area contributed by atoms with E-state index in [1.54, 1.807) is 7.11 Å². The Bertz CT molecular complexity index is 629. The van der Waals surface area contributed by atoms with Crippen molar-refractivity contribution in [2.24, 2.45) is 5.41 Å². The molecule has 1 fully saturated rings. The highest BCUT2D eigenvalue weighted by Gasteiger charge is 2.33. The van der Waals surface area contributed by atoms with Crippen LogP contribution in [0.4, 0.5) is 0 Å². The van der Waals surface area contributed by atoms with Gasteiger partial charge in [0.15, 0.2) is 0 Å². The summed E-state index contributed by atoms with van der Waals surface area (Å²) in [5.41, 5.74) is 2.52. The second-order valence-corrected chi connectivity index (χ2v) is 6.85. The van der Waals surface area contributed by atoms with Crippen molar-refractivity contribution in [2.75, 3.05) is 7.11 Å². The molecule has 0 aliphatic heterocycles. The molecular formula is C16H21ClN2O. The van der Waals surface area contributed by atoms with Crippen LogP contribution in [0.2, 0.25) is 0 Å². The van der Waals surface area contributed by atoms with Crippen LogP contribution in [-0.4, -0.2) is 16.7 Å². The molecule has 20 heavy (non-hydrogen) atoms. The lowest BCUT2D eigenvalue weighted by Crippen LogP contribution is -2.31. The minimum atomic E-state index is -0.0860. The molecule has 0 saturated heterocycles. The second kappa shape index (κ2) is 4.96. The molecule has 0 spiro atoms. The molecule has 0 N–H and O–H groups in total. The fourth-order valence-electron chi connectivity index (χ4n) is 3.05. The number of aromatic nitrogens is 2. The first kappa shape index (κ1) is 13.7. The van der Waals surface area contributed by atoms with E-state index < -0.39 is 0 Å². The van der Waals surface area contributed by atoms with Gasteiger partial charge in [-0.1, -0.05) is 13.3 Å². The van der Waals surface area contributed by atoms with E-state index in [0.717, 1.165) is 29.2 Å². The van der Waals surface area contributed by atoms with Gasteiger partial charge >= 0.3 is 0 Å². The fourth-order valence-corrected chi connectivity index (χ4v) is 3.21. The summed E-state index contributed by atoms with van der Waals surface area (Å²) < 4.78 is 7.58. The maximum Gasteiger partial charge on any atom is 0.127 e. The number of benzene rings is 1. The van der Waals surface area contributed by atoms with Gasteiger partial charge in [-0.05, 0) is 37.3 Å². The van der Waals surface area contributed by atoms with E-state index in [4.69, 9.17) is 21.3 Å². The van der Waals surface area contributed by atoms with Crippen LogP contribution in [0.15, 0.2) is 18.2 Å². The predicted molar refractivity (Wildman–Crippen MR) is 82.5 cm³/mol. The average molecular weight is 293 g/mol. The van der Waals surface area contributed by atoms with Gasteiger partial charge in [-0.15, -0.1) is 11.6 Å². The summed E-state index contributed by atoms with van der Waals surface area (Å²) in [6.07, 6.45) is 3.92. The van der Waals surface area contributed by atoms with E-state index in [9.17, 15) is 0 Å². The standard InChI is InChI=1S/C16H21ClN2O/c1-11(17)15-18-13-9-12(20-3)5-6-14(13)19(15)10-16(2)7-4-8-16/h5-6,9,11H,4,7-8,10H2,1-3H3. The third kappa shape index (κ3) is 2.28. The molecule has 1 aromatic heterocycles. The van der Waals surface area contributed by atoms with Crippen LogP contribution in [-0.2, 0) is 6.54 Å². The molecule has 0 amide bonds. The molecule has 0 radical (unpaired) electrons. The maximum atomic E-state index is 6.33. The van der Waals surface area contributed by atoms with E-state index in [2.05, 4.69) is 17.6 Å². The summed E-state index contributed by atoms with van der Waals surface area (Å²) in [6.45, 7) is 5.34. The number of imidazole rings is 1. The summed E-state index contributed by atoms with van der Waals surface area (Å²) in [6, 6.07) is 6.07. The van der Waals surface area contributed by atoms with Crippen LogP contribution in [0, 0.1) is 5.41 Å². The Morgan fingerprint density at radius 1 is 1.45 bits per heavy atom. The molecule has 3 nitrogen and oxygen atoms in total. The summed E-state index contributed by atoms with van der Waals surface area (Å²) in [7, 11) is 1.68. The Morgan fingerprint density at radius 3 is 2.75 bits per heavy atom. The predicted octanol–water partition coefficient (Wildman–Crippen LogP) is 4.53. The molecule has 1 heterocycles. The van der Waals surface area contributed by atoms with Crippen LogP contribution in [0.1, 0.15) is 44.3 Å². The molecule has 108 valence electrons. The van der Waals surface area contributed by atoms with Gasteiger partial charge in [0, 0.05) is 12.6 Å². The fraction of sp³-hybridized carbons (Fsp3) is 0.562. The van der Waals surface area contributed by atoms with Crippen LogP contribution in [0.25, 0.3) is 11.0 Å². The van der Waals surface area contributed by atoms with Gasteiger partial charge < -0.3 is 9.30 Å². The van der Waals surface area contributed by atoms with Crippen molar-refractivity contribution in [3.8, 4) is 5.75 Å². The van der Waals surface area contributed by atoms with Crippen LogP contribution in [0.5, 0.6) is 5.75 Å². The van der Waals surface area contributed by atoms with E-state index in [1.807, 2.05) is 19.1 Å². The molecule has 1 aliphatic rings. The van der Waals surface area contributed by atoms with E-state index in [0.29, 0.717) is 5.41 Å². The van der Waals surface area contributed by atoms with Gasteiger partial charge in [-0.2, -0.15) is 0 Å². The van der Waals surface area contributed by atoms with Gasteiger partial charge in [0.25, 0.3) is 0 Å². The number of nitrogens with zero attached hydrogens (tertiary/aromatic N) is 2. The minimum absolute atomic E-state index is 0.0860. The number of rotatable bonds is 4. The lowest BCUT2D eigenvalue weighted by Gasteiger charge is -2.39. The van der Waals surface area contributed by atoms with Crippen molar-refractivity contribution in [1.29, 1.82) is 0 Å². The number of hydrogen-bond acceptors (Lipinski definition) is 2. The molecule has 4 heteroatoms. The van der Waals surface area contributed by atoms with E-state index >= 15 is 0 Å². The van der Waals surface area contributed by atoms with E-state index in [-0.39, 0.29) is 5.38 Å². The molecule has 1 aliphatic carbocycles. The van der Waals surface area contributed by atoms with Gasteiger partial charge in [-0.3, -0.25) is 0 Å². The number of hydrogen-bond donors (Lipinski definition) is 0. The lowest BCUT2D eigenvalue weighted by atomic mass is 9.70. The zero-order valence-electron chi connectivity index (χ0n) is 12.3. The molecule has 1 unspecified atom stereocenters. The topological polar surface area (TPSA) is 27.1 Å². The summed E-state index contributed by atoms with van der Waals surface area (Å²) >= 11 is 6.33. The molecular weight excluding hydrogens is 272 g/mol. The Kier molecular flexibility index (Phi) is 3.41. The third-order valence-corrected chi connectivity index (χ3v) is 4.64. The van der Waals surface area contributed by atoms with Gasteiger partial charge in [0.1, 0.15) is 11.6 Å². The number of halogens is 1. The first-order valence-corrected chi connectivity index (χ1v) is 7.64. The lowest BCUT2D eigenvalue weighted by molar-refractivity contribution is 0.132. The number of ether oxygens (including phenoxy) is 1. The first-order valence-electron chi connectivity index (χ1n) is 7.21. The van der Waals surface area contributed by atoms with Crippen LogP contribution >= 0.6 is 11.6 Å². The zero-order valence-corrected chi connectivity index (χ0v) is 13.1. The summed E-state index contributed by atoms with van der Waals surface area (Å²) in [5, 5.41) is -0.0860. The Balaban J connectivity index is 2.09. The number of fused-ring (bicyclic) bond motifs is 1. The van der Waals surface area contributed by atoms with Crippen molar-refractivity contribution in [2.45, 2.75) is 45.0 Å². The highest BCUT2D eigenvalue weighted by Crippen LogP contribution is 2.43. The molecule has 1 atom stereocenters. The Hall–Kier alpha value is -1.22. The van der Waals surface area contributed by atoms with Crippen molar-refractivity contribution in [1.82, 2.24) is 9.55 Å². The molecule has 1 aromatic carbocycles. The molecule has 0 bridgehead atoms. The average Bonchev–Trinajstić information content (AvgIpc) is 2.75. The van der Waals surface area contributed by atoms with Crippen molar-refractivity contribution in [3.63, 3.8) is 0 Å². The van der Waals surface area contributed by atoms with Gasteiger partial charge in [0.2, 0.25) is 0 Å². The maximum absolute atomic E-state index is 6.33. The van der Waals surface area contributed by atoms with Crippen LogP contribution < -0.4 is 4.74 Å². The van der Waals surface area contributed by atoms with Crippen molar-refractivity contribution < 1.29 is 4.74 Å². The largest absolute Gasteiger partial charge is 0.497 e. The SMILES string of the molecule is COc1ccc2c(c1)nc(C(C)Cl)n2CC1(C)CCC1. The first-order chi connectivity index (χ1) is 9.52. The minimum Gasteiger partial charge on any atom is -0.497 e. The molecule has 1 saturated carbocycles. The number of methoxy groups -OCH3 is 1. The Labute approximate surface area is 124 Å². The monoisotopic (exact) mass is 292 g/mol. The van der Waals surface area contributed by atoms with Crippen molar-refractivity contribution in [3.05, 3.63) is 24.0 Å². The smallest absolute Gasteiger partial charge is 0.127 e. The van der Waals surface area contributed by atoms with Crippen molar-refractivity contribution >= 4 is 22.6 Å². The normalized spacial score (nSPS) is 18.8. The summed E-state index contributed by atoms with van der Waals surface area (Å²) in [5.74, 6) is 1.80. The van der Waals surface area contributed by atoms with E-state index in [1.165, 1.54) is 19.3 Å². The van der Waals surface area contributed by atoms with Gasteiger partial charge in [-0.25, -0.2) is 4.98 Å². The summed E-state index contributed by atoms with van der Waals surface area (Å²) in [4.78, 5) is 4.71. The van der Waals surface area contributed by atoms with Gasteiger partial charge in [0.05, 0.1) is 23.5 Å². The highest BCUT2D eigenvalue weighted by molar-refractivity contribution is 6.20. The highest BCUT2D eigenvalue weighted by atomic mass is 35.5. The molecule has 2 aromatic rings. The quantitative estimate of drug-likeness (QED) is 0.774. The van der Waals surface area contributed by atoms with Crippen LogP contribution in [0.3, 0.4) is 0 Å².